The molecule has 2 rings (SSSR count). The topological polar surface area (TPSA) is 113 Å². The van der Waals surface area contributed by atoms with Gasteiger partial charge in [0.15, 0.2) is 5.69 Å². The number of ether oxygens (including phenoxy) is 1. The lowest BCUT2D eigenvalue weighted by Crippen LogP contribution is -2.42. The maximum absolute atomic E-state index is 12.1. The summed E-state index contributed by atoms with van der Waals surface area (Å²) in [4.78, 5) is 31.5. The molecule has 8 heteroatoms. The van der Waals surface area contributed by atoms with Crippen LogP contribution in [0.25, 0.3) is 0 Å². The van der Waals surface area contributed by atoms with Gasteiger partial charge in [-0.3, -0.25) is 15.0 Å². The van der Waals surface area contributed by atoms with Gasteiger partial charge in [-0.15, -0.1) is 0 Å². The number of nitrogens with zero attached hydrogens (tertiary/aromatic N) is 2. The minimum Gasteiger partial charge on any atom is -0.378 e. The predicted octanol–water partition coefficient (Wildman–Crippen LogP) is -1.51. The van der Waals surface area contributed by atoms with Crippen molar-refractivity contribution < 1.29 is 14.3 Å². The minimum atomic E-state index is -0.595. The fourth-order valence-corrected chi connectivity index (χ4v) is 1.62. The van der Waals surface area contributed by atoms with Gasteiger partial charge in [0, 0.05) is 13.1 Å². The first-order valence-corrected chi connectivity index (χ1v) is 5.15. The summed E-state index contributed by atoms with van der Waals surface area (Å²) < 4.78 is 5.15. The van der Waals surface area contributed by atoms with E-state index in [0.717, 1.165) is 0 Å². The first-order valence-electron chi connectivity index (χ1n) is 5.15. The monoisotopic (exact) mass is 239 g/mol. The van der Waals surface area contributed by atoms with E-state index < -0.39 is 5.91 Å². The van der Waals surface area contributed by atoms with Crippen LogP contribution in [0, 0.1) is 0 Å². The number of H-pyrrole nitrogens is 1. The second-order valence-electron chi connectivity index (χ2n) is 3.50. The average molecular weight is 239 g/mol. The van der Waals surface area contributed by atoms with Gasteiger partial charge >= 0.3 is 0 Å². The van der Waals surface area contributed by atoms with Crippen LogP contribution in [0.15, 0.2) is 6.33 Å². The van der Waals surface area contributed by atoms with Crippen molar-refractivity contribution in [1.82, 2.24) is 20.3 Å². The minimum absolute atomic E-state index is 0.00370. The van der Waals surface area contributed by atoms with Crippen molar-refractivity contribution in [3.8, 4) is 0 Å². The first-order chi connectivity index (χ1) is 8.24. The standard InChI is InChI=1S/C9H13N5O3/c10-13-8(15)6-7(12-5-11-6)9(16)14-1-3-17-4-2-14/h5H,1-4,10H2,(H,11,12)(H,13,15). The molecule has 2 heterocycles. The number of amides is 2. The molecular weight excluding hydrogens is 226 g/mol. The van der Waals surface area contributed by atoms with E-state index >= 15 is 0 Å². The van der Waals surface area contributed by atoms with Crippen LogP contribution >= 0.6 is 0 Å². The number of hydrazine groups is 1. The number of aromatic amines is 1. The lowest BCUT2D eigenvalue weighted by molar-refractivity contribution is 0.0298. The largest absolute Gasteiger partial charge is 0.378 e. The van der Waals surface area contributed by atoms with Gasteiger partial charge in [-0.05, 0) is 0 Å². The number of nitrogens with two attached hydrogens (primary N) is 1. The zero-order valence-electron chi connectivity index (χ0n) is 9.10. The third kappa shape index (κ3) is 2.27. The Bertz CT molecular complexity index is 424. The number of hydrogen-bond acceptors (Lipinski definition) is 5. The Morgan fingerprint density at radius 2 is 2.18 bits per heavy atom. The number of morpholine rings is 1. The molecule has 1 saturated heterocycles. The number of carbonyl (C=O) groups is 2. The second-order valence-corrected chi connectivity index (χ2v) is 3.50. The van der Waals surface area contributed by atoms with Crippen molar-refractivity contribution in [2.75, 3.05) is 26.3 Å². The molecule has 0 bridgehead atoms. The van der Waals surface area contributed by atoms with Crippen molar-refractivity contribution in [3.05, 3.63) is 17.7 Å². The summed E-state index contributed by atoms with van der Waals surface area (Å²) in [5.74, 6) is 4.14. The highest BCUT2D eigenvalue weighted by molar-refractivity contribution is 6.04. The maximum atomic E-state index is 12.1. The van der Waals surface area contributed by atoms with Crippen LogP contribution in [-0.2, 0) is 4.74 Å². The van der Waals surface area contributed by atoms with E-state index in [0.29, 0.717) is 26.3 Å². The van der Waals surface area contributed by atoms with E-state index in [9.17, 15) is 9.59 Å². The summed E-state index contributed by atoms with van der Waals surface area (Å²) in [6.45, 7) is 2.00. The van der Waals surface area contributed by atoms with Crippen LogP contribution in [0.5, 0.6) is 0 Å². The van der Waals surface area contributed by atoms with Gasteiger partial charge in [0.25, 0.3) is 11.8 Å². The number of hydrogen-bond donors (Lipinski definition) is 3. The van der Waals surface area contributed by atoms with Gasteiger partial charge in [0.05, 0.1) is 19.5 Å². The number of aromatic nitrogens is 2. The molecule has 0 unspecified atom stereocenters. The molecule has 4 N–H and O–H groups in total. The van der Waals surface area contributed by atoms with Crippen LogP contribution in [0.2, 0.25) is 0 Å². The molecule has 0 atom stereocenters. The van der Waals surface area contributed by atoms with Crippen LogP contribution < -0.4 is 11.3 Å². The van der Waals surface area contributed by atoms with E-state index in [2.05, 4.69) is 9.97 Å². The molecule has 0 aliphatic carbocycles. The van der Waals surface area contributed by atoms with Crippen LogP contribution in [0.3, 0.4) is 0 Å². The molecule has 1 aromatic rings. The van der Waals surface area contributed by atoms with E-state index in [1.165, 1.54) is 6.33 Å². The SMILES string of the molecule is NNC(=O)c1nc[nH]c1C(=O)N1CCOCC1. The summed E-state index contributed by atoms with van der Waals surface area (Å²) in [6.07, 6.45) is 1.29. The molecule has 0 aromatic carbocycles. The Kier molecular flexibility index (Phi) is 3.35. The van der Waals surface area contributed by atoms with E-state index in [1.807, 2.05) is 5.43 Å². The van der Waals surface area contributed by atoms with Crippen LogP contribution in [-0.4, -0.2) is 53.0 Å². The highest BCUT2D eigenvalue weighted by Gasteiger charge is 2.25. The maximum Gasteiger partial charge on any atom is 0.286 e. The van der Waals surface area contributed by atoms with E-state index in [1.54, 1.807) is 4.90 Å². The van der Waals surface area contributed by atoms with Gasteiger partial charge in [0.2, 0.25) is 0 Å². The molecule has 1 aliphatic heterocycles. The van der Waals surface area contributed by atoms with Gasteiger partial charge in [0.1, 0.15) is 5.69 Å². The van der Waals surface area contributed by atoms with Gasteiger partial charge < -0.3 is 14.6 Å². The van der Waals surface area contributed by atoms with E-state index in [-0.39, 0.29) is 17.3 Å². The highest BCUT2D eigenvalue weighted by Crippen LogP contribution is 2.08. The number of nitrogen functional groups attached to an aromatic ring is 1. The molecule has 0 saturated carbocycles. The summed E-state index contributed by atoms with van der Waals surface area (Å²) in [6, 6.07) is 0. The molecule has 92 valence electrons. The molecule has 1 aromatic heterocycles. The number of imidazole rings is 1. The van der Waals surface area contributed by atoms with Gasteiger partial charge in [-0.25, -0.2) is 10.8 Å². The smallest absolute Gasteiger partial charge is 0.286 e. The molecule has 1 fully saturated rings. The Balaban J connectivity index is 2.18. The quantitative estimate of drug-likeness (QED) is 0.330. The average Bonchev–Trinajstić information content (AvgIpc) is 2.87. The van der Waals surface area contributed by atoms with Crippen molar-refractivity contribution in [2.45, 2.75) is 0 Å². The molecule has 0 radical (unpaired) electrons. The van der Waals surface area contributed by atoms with Gasteiger partial charge in [-0.1, -0.05) is 0 Å². The number of rotatable bonds is 2. The second kappa shape index (κ2) is 4.93. The molecular formula is C9H13N5O3. The predicted molar refractivity (Wildman–Crippen MR) is 57.0 cm³/mol. The van der Waals surface area contributed by atoms with Gasteiger partial charge in [-0.2, -0.15) is 0 Å². The summed E-state index contributed by atoms with van der Waals surface area (Å²) in [7, 11) is 0. The lowest BCUT2D eigenvalue weighted by Gasteiger charge is -2.26. The Labute approximate surface area is 97.1 Å². The third-order valence-corrected chi connectivity index (χ3v) is 2.50. The lowest BCUT2D eigenvalue weighted by atomic mass is 10.2. The van der Waals surface area contributed by atoms with Crippen molar-refractivity contribution in [2.24, 2.45) is 5.84 Å². The molecule has 17 heavy (non-hydrogen) atoms. The van der Waals surface area contributed by atoms with E-state index in [4.69, 9.17) is 10.6 Å². The summed E-state index contributed by atoms with van der Waals surface area (Å²) >= 11 is 0. The Hall–Kier alpha value is -1.93. The first kappa shape index (κ1) is 11.6. The molecule has 0 spiro atoms. The molecule has 1 aliphatic rings. The zero-order valence-corrected chi connectivity index (χ0v) is 9.10. The summed E-state index contributed by atoms with van der Waals surface area (Å²) in [5, 5.41) is 0. The van der Waals surface area contributed by atoms with Crippen molar-refractivity contribution in [3.63, 3.8) is 0 Å². The normalized spacial score (nSPS) is 15.7. The highest BCUT2D eigenvalue weighted by atomic mass is 16.5. The Morgan fingerprint density at radius 1 is 1.47 bits per heavy atom. The molecule has 2 amide bonds. The third-order valence-electron chi connectivity index (χ3n) is 2.50. The van der Waals surface area contributed by atoms with Crippen LogP contribution in [0.1, 0.15) is 21.0 Å². The number of carbonyl (C=O) groups excluding carboxylic acids is 2. The fourth-order valence-electron chi connectivity index (χ4n) is 1.62. The van der Waals surface area contributed by atoms with Crippen molar-refractivity contribution in [1.29, 1.82) is 0 Å². The van der Waals surface area contributed by atoms with Crippen LogP contribution in [0.4, 0.5) is 0 Å². The molecule has 8 nitrogen and oxygen atoms in total. The fraction of sp³-hybridized carbons (Fsp3) is 0.444. The summed E-state index contributed by atoms with van der Waals surface area (Å²) in [5.41, 5.74) is 2.10. The Morgan fingerprint density at radius 3 is 2.82 bits per heavy atom. The zero-order chi connectivity index (χ0) is 12.3. The number of nitrogens with one attached hydrogen (secondary N) is 2. The van der Waals surface area contributed by atoms with Crippen molar-refractivity contribution >= 4 is 11.8 Å².